The molecule has 2 aliphatic heterocycles. The normalized spacial score (nSPS) is 31.4. The van der Waals surface area contributed by atoms with Gasteiger partial charge in [-0.05, 0) is 70.9 Å². The van der Waals surface area contributed by atoms with Crippen molar-refractivity contribution < 1.29 is 67.6 Å². The van der Waals surface area contributed by atoms with E-state index in [9.17, 15) is 24.9 Å². The maximum absolute atomic E-state index is 13.2. The van der Waals surface area contributed by atoms with Gasteiger partial charge in [-0.3, -0.25) is 4.79 Å². The molecule has 48 heavy (non-hydrogen) atoms. The first-order chi connectivity index (χ1) is 22.0. The number of likely N-dealkylation sites (N-methyl/N-ethyl adjacent to an activating group) is 2. The summed E-state index contributed by atoms with van der Waals surface area (Å²) in [5.41, 5.74) is -0.650. The zero-order chi connectivity index (χ0) is 35.5. The van der Waals surface area contributed by atoms with Crippen molar-refractivity contribution in [2.24, 2.45) is 17.8 Å². The highest BCUT2D eigenvalue weighted by Gasteiger charge is 2.45. The summed E-state index contributed by atoms with van der Waals surface area (Å²) >= 11 is 0. The van der Waals surface area contributed by atoms with Crippen molar-refractivity contribution in [3.8, 4) is 0 Å². The average Bonchev–Trinajstić information content (AvgIpc) is 3.80. The summed E-state index contributed by atoms with van der Waals surface area (Å²) in [7, 11) is 3.85. The van der Waals surface area contributed by atoms with Gasteiger partial charge in [0, 0.05) is 18.9 Å². The molecular weight excluding hydrogens is 727 g/mol. The second kappa shape index (κ2) is 20.4. The van der Waals surface area contributed by atoms with Gasteiger partial charge in [-0.15, -0.1) is 0 Å². The van der Waals surface area contributed by atoms with Crippen molar-refractivity contribution in [1.82, 2.24) is 4.90 Å². The topological polar surface area (TPSA) is 129 Å². The van der Waals surface area contributed by atoms with Crippen LogP contribution in [0.4, 0.5) is 4.79 Å². The van der Waals surface area contributed by atoms with Crippen LogP contribution in [0, 0.1) is 17.8 Å². The molecule has 2 heterocycles. The highest BCUT2D eigenvalue weighted by molar-refractivity contribution is 5.70. The van der Waals surface area contributed by atoms with E-state index in [1.807, 2.05) is 45.9 Å². The van der Waals surface area contributed by atoms with Crippen LogP contribution in [0.25, 0.3) is 0 Å². The summed E-state index contributed by atoms with van der Waals surface area (Å²) < 4.78 is 18.4. The number of allylic oxidation sites excluding steroid dienone is 3. The number of epoxide rings is 1. The summed E-state index contributed by atoms with van der Waals surface area (Å²) in [6, 6.07) is 0. The number of nitrogens with zero attached hydrogens (tertiary/aromatic N) is 2. The molecule has 0 aromatic heterocycles. The molecule has 278 valence electrons. The van der Waals surface area contributed by atoms with Crippen molar-refractivity contribution in [3.63, 3.8) is 0 Å². The van der Waals surface area contributed by atoms with E-state index in [4.69, 9.17) is 14.2 Å². The molecule has 0 bridgehead atoms. The van der Waals surface area contributed by atoms with Gasteiger partial charge in [-0.1, -0.05) is 52.0 Å². The predicted molar refractivity (Wildman–Crippen MR) is 184 cm³/mol. The Kier molecular flexibility index (Phi) is 18.9. The van der Waals surface area contributed by atoms with E-state index in [-0.39, 0.29) is 79.3 Å². The van der Waals surface area contributed by atoms with Crippen LogP contribution in [0.2, 0.25) is 0 Å². The lowest BCUT2D eigenvalue weighted by Gasteiger charge is -2.35. The van der Waals surface area contributed by atoms with Crippen molar-refractivity contribution in [1.29, 1.82) is 0 Å². The van der Waals surface area contributed by atoms with E-state index >= 15 is 0 Å². The van der Waals surface area contributed by atoms with Crippen LogP contribution >= 0.6 is 0 Å². The summed E-state index contributed by atoms with van der Waals surface area (Å²) in [6.07, 6.45) is 7.87. The molecule has 0 radical (unpaired) electrons. The fraction of sp³-hybridized carbons (Fsp3) is 0.784. The predicted octanol–water partition coefficient (Wildman–Crippen LogP) is 2.02. The van der Waals surface area contributed by atoms with E-state index < -0.39 is 36.0 Å². The average molecular weight is 793 g/mol. The Hall–Kier alpha value is -1.51. The van der Waals surface area contributed by atoms with Crippen molar-refractivity contribution in [2.75, 3.05) is 40.3 Å². The van der Waals surface area contributed by atoms with Gasteiger partial charge in [0.25, 0.3) is 0 Å². The van der Waals surface area contributed by atoms with Crippen LogP contribution in [-0.4, -0.2) is 119 Å². The number of cyclic esters (lactones) is 1. The van der Waals surface area contributed by atoms with Gasteiger partial charge in [-0.25, -0.2) is 4.79 Å². The maximum atomic E-state index is 13.2. The van der Waals surface area contributed by atoms with Gasteiger partial charge in [0.2, 0.25) is 0 Å². The third-order valence-corrected chi connectivity index (χ3v) is 10.4. The number of rotatable bonds is 14. The summed E-state index contributed by atoms with van der Waals surface area (Å²) in [4.78, 5) is 27.5. The van der Waals surface area contributed by atoms with Gasteiger partial charge in [-0.2, -0.15) is 0 Å². The number of quaternary nitrogens is 1. The van der Waals surface area contributed by atoms with Crippen molar-refractivity contribution >= 4 is 12.1 Å². The lowest BCUT2D eigenvalue weighted by atomic mass is 9.88. The molecule has 2 rings (SSSR count). The number of hydrogen-bond donors (Lipinski definition) is 3. The Morgan fingerprint density at radius 3 is 2.48 bits per heavy atom. The lowest BCUT2D eigenvalue weighted by Crippen LogP contribution is -3.00. The van der Waals surface area contributed by atoms with Crippen LogP contribution in [0.3, 0.4) is 0 Å². The molecule has 1 saturated heterocycles. The third-order valence-electron chi connectivity index (χ3n) is 10.4. The van der Waals surface area contributed by atoms with Crippen LogP contribution in [-0.2, 0) is 19.0 Å². The van der Waals surface area contributed by atoms with Gasteiger partial charge >= 0.3 is 12.1 Å². The fourth-order valence-corrected chi connectivity index (χ4v) is 6.01. The van der Waals surface area contributed by atoms with Crippen LogP contribution in [0.1, 0.15) is 87.5 Å². The molecule has 0 spiro atoms. The van der Waals surface area contributed by atoms with E-state index in [0.717, 1.165) is 36.1 Å². The molecule has 10 atom stereocenters. The van der Waals surface area contributed by atoms with Crippen molar-refractivity contribution in [3.05, 3.63) is 36.0 Å². The van der Waals surface area contributed by atoms with Gasteiger partial charge in [0.1, 0.15) is 11.7 Å². The SMILES string of the molecule is CC[C@H](O)[C@@H](C)[C@H]1O[C@@H]1C[C@H](C)/C=C/C=C(\C)[C@H]1OC(=O)C[C@H](O)CC[C@@](C)(O)[C@@H](OC(=O)N(C)CC[N+](C)(CC)CC)/C=C/[C@@H]1C.[I-]. The molecule has 2 aliphatic rings. The molecule has 3 N–H and O–H groups in total. The Morgan fingerprint density at radius 1 is 1.23 bits per heavy atom. The van der Waals surface area contributed by atoms with Gasteiger partial charge in [0.15, 0.2) is 6.10 Å². The lowest BCUT2D eigenvalue weighted by molar-refractivity contribution is -0.905. The largest absolute Gasteiger partial charge is 1.00 e. The number of aliphatic hydroxyl groups excluding tert-OH is 2. The first-order valence-corrected chi connectivity index (χ1v) is 17.7. The molecule has 10 nitrogen and oxygen atoms in total. The number of carbonyl (C=O) groups is 2. The Labute approximate surface area is 307 Å². The smallest absolute Gasteiger partial charge is 0.410 e. The molecule has 0 unspecified atom stereocenters. The summed E-state index contributed by atoms with van der Waals surface area (Å²) in [6.45, 7) is 19.0. The van der Waals surface area contributed by atoms with Crippen LogP contribution < -0.4 is 24.0 Å². The molecule has 0 aromatic carbocycles. The third kappa shape index (κ3) is 14.0. The maximum Gasteiger partial charge on any atom is 0.410 e. The number of carbonyl (C=O) groups excluding carboxylic acids is 2. The first kappa shape index (κ1) is 44.5. The van der Waals surface area contributed by atoms with Crippen LogP contribution in [0.5, 0.6) is 0 Å². The van der Waals surface area contributed by atoms with E-state index in [1.165, 1.54) is 4.90 Å². The molecular formula is C37H65IN2O8. The van der Waals surface area contributed by atoms with E-state index in [1.54, 1.807) is 20.0 Å². The second-order valence-electron chi connectivity index (χ2n) is 14.6. The molecule has 11 heteroatoms. The molecule has 0 aromatic rings. The highest BCUT2D eigenvalue weighted by atomic mass is 127. The monoisotopic (exact) mass is 792 g/mol. The Balaban J connectivity index is 0.0000115. The quantitative estimate of drug-likeness (QED) is 0.0610. The fourth-order valence-electron chi connectivity index (χ4n) is 6.01. The molecule has 0 saturated carbocycles. The Bertz CT molecular complexity index is 1090. The van der Waals surface area contributed by atoms with Gasteiger partial charge in [0.05, 0.1) is 64.1 Å². The number of hydrogen-bond acceptors (Lipinski definition) is 8. The number of ether oxygens (including phenoxy) is 3. The Morgan fingerprint density at radius 2 is 1.88 bits per heavy atom. The zero-order valence-corrected chi connectivity index (χ0v) is 33.3. The number of amides is 1. The standard InChI is InChI=1S/C37H65N2O8.HI/c1-11-30(41)28(7)35-31(45-35)23-25(4)15-14-16-26(5)34-27(6)17-18-32(37(8,44)20-19-29(40)24-33(42)47-34)46-36(43)38(9)21-22-39(10,12-2)13-3;/h14-18,25,27-32,34-35,40-41,44H,11-13,19-24H2,1-10H3;1H/q+1;/p-1/b15-14+,18-17+,26-16+;/t25-,27+,28-,29-,30+,31-,32+,34-,35-,37-;/m1./s1. The second-order valence-corrected chi connectivity index (χ2v) is 14.6. The molecule has 1 fully saturated rings. The summed E-state index contributed by atoms with van der Waals surface area (Å²) in [5.74, 6) is -0.463. The van der Waals surface area contributed by atoms with E-state index in [0.29, 0.717) is 13.0 Å². The van der Waals surface area contributed by atoms with Gasteiger partial charge < -0.3 is 62.9 Å². The minimum Gasteiger partial charge on any atom is -1.00 e. The highest BCUT2D eigenvalue weighted by Crippen LogP contribution is 2.36. The minimum absolute atomic E-state index is 0. The summed E-state index contributed by atoms with van der Waals surface area (Å²) in [5, 5.41) is 32.2. The molecule has 0 aliphatic carbocycles. The van der Waals surface area contributed by atoms with Crippen LogP contribution in [0.15, 0.2) is 36.0 Å². The minimum atomic E-state index is -1.47. The zero-order valence-electron chi connectivity index (χ0n) is 31.1. The number of halogens is 1. The van der Waals surface area contributed by atoms with E-state index in [2.05, 4.69) is 33.9 Å². The first-order valence-electron chi connectivity index (χ1n) is 17.7. The molecule has 1 amide bonds. The van der Waals surface area contributed by atoms with Crippen molar-refractivity contribution in [2.45, 2.75) is 130 Å². The number of esters is 1. The number of aliphatic hydroxyl groups is 3.